The lowest BCUT2D eigenvalue weighted by atomic mass is 9.95. The number of benzene rings is 4. The van der Waals surface area contributed by atoms with Gasteiger partial charge >= 0.3 is 0 Å². The van der Waals surface area contributed by atoms with Gasteiger partial charge in [-0.25, -0.2) is 9.98 Å². The van der Waals surface area contributed by atoms with E-state index in [1.165, 1.54) is 0 Å². The van der Waals surface area contributed by atoms with E-state index in [4.69, 9.17) is 28.9 Å². The van der Waals surface area contributed by atoms with Crippen LogP contribution in [0.15, 0.2) is 167 Å². The van der Waals surface area contributed by atoms with Crippen molar-refractivity contribution >= 4 is 33.7 Å². The van der Waals surface area contributed by atoms with Gasteiger partial charge in [0.2, 0.25) is 0 Å². The van der Waals surface area contributed by atoms with Crippen molar-refractivity contribution in [2.75, 3.05) is 28.4 Å². The highest BCUT2D eigenvalue weighted by atomic mass is 16.5. The van der Waals surface area contributed by atoms with Gasteiger partial charge in [0, 0.05) is 51.8 Å². The van der Waals surface area contributed by atoms with Crippen molar-refractivity contribution in [2.24, 2.45) is 17.0 Å². The molecule has 4 aromatic carbocycles. The minimum Gasteiger partial charge on any atom is -0.497 e. The van der Waals surface area contributed by atoms with E-state index in [9.17, 15) is 0 Å². The molecule has 0 radical (unpaired) electrons. The van der Waals surface area contributed by atoms with Crippen molar-refractivity contribution in [3.05, 3.63) is 201 Å². The van der Waals surface area contributed by atoms with Gasteiger partial charge in [-0.1, -0.05) is 48.5 Å². The summed E-state index contributed by atoms with van der Waals surface area (Å²) in [5.74, 6) is 3.03. The van der Waals surface area contributed by atoms with Gasteiger partial charge in [-0.2, -0.15) is 0 Å². The summed E-state index contributed by atoms with van der Waals surface area (Å²) in [5, 5.41) is 1.80. The van der Waals surface area contributed by atoms with Crippen molar-refractivity contribution in [2.45, 2.75) is 0 Å². The second-order valence-corrected chi connectivity index (χ2v) is 13.9. The molecule has 9 rings (SSSR count). The minimum absolute atomic E-state index is 0.755. The summed E-state index contributed by atoms with van der Waals surface area (Å²) < 4.78 is 25.0. The highest BCUT2D eigenvalue weighted by molar-refractivity contribution is 6.31. The number of ether oxygens (including phenoxy) is 4. The summed E-state index contributed by atoms with van der Waals surface area (Å²) in [7, 11) is 8.83. The Morgan fingerprint density at radius 1 is 0.439 bits per heavy atom. The number of fused-ring (bicyclic) bond motifs is 6. The summed E-state index contributed by atoms with van der Waals surface area (Å²) in [6.07, 6.45) is 10.6. The van der Waals surface area contributed by atoms with Crippen LogP contribution in [-0.2, 0) is 7.05 Å². The number of rotatable bonds is 8. The van der Waals surface area contributed by atoms with E-state index in [-0.39, 0.29) is 0 Å². The van der Waals surface area contributed by atoms with Crippen LogP contribution >= 0.6 is 0 Å². The molecule has 0 atom stereocenters. The lowest BCUT2D eigenvalue weighted by Crippen LogP contribution is -2.21. The zero-order valence-corrected chi connectivity index (χ0v) is 32.3. The Morgan fingerprint density at radius 3 is 1.28 bits per heavy atom. The van der Waals surface area contributed by atoms with Gasteiger partial charge in [0.15, 0.2) is 0 Å². The molecular formula is C49H40N4O4. The molecule has 3 aliphatic heterocycles. The first-order valence-electron chi connectivity index (χ1n) is 18.7. The minimum atomic E-state index is 0.755. The number of H-pyrrole nitrogens is 1. The second kappa shape index (κ2) is 14.7. The van der Waals surface area contributed by atoms with E-state index in [0.717, 1.165) is 112 Å². The van der Waals surface area contributed by atoms with Gasteiger partial charge in [-0.15, -0.1) is 0 Å². The molecule has 0 aliphatic carbocycles. The van der Waals surface area contributed by atoms with Crippen molar-refractivity contribution in [3.8, 4) is 23.0 Å². The highest BCUT2D eigenvalue weighted by Crippen LogP contribution is 2.39. The van der Waals surface area contributed by atoms with Crippen LogP contribution < -0.4 is 29.6 Å². The first-order valence-corrected chi connectivity index (χ1v) is 18.7. The van der Waals surface area contributed by atoms with Crippen molar-refractivity contribution in [3.63, 3.8) is 0 Å². The predicted octanol–water partition coefficient (Wildman–Crippen LogP) is 8.04. The molecule has 8 heteroatoms. The van der Waals surface area contributed by atoms with Gasteiger partial charge in [0.1, 0.15) is 23.0 Å². The molecule has 1 N–H and O–H groups in total. The van der Waals surface area contributed by atoms with Crippen LogP contribution in [0, 0.1) is 0 Å². The zero-order chi connectivity index (χ0) is 39.0. The monoisotopic (exact) mass is 748 g/mol. The average Bonchev–Trinajstić information content (AvgIpc) is 4.09. The smallest absolute Gasteiger partial charge is 0.119 e. The Morgan fingerprint density at radius 2 is 0.842 bits per heavy atom. The van der Waals surface area contributed by atoms with E-state index in [0.29, 0.717) is 0 Å². The number of allylic oxidation sites excluding steroid dienone is 4. The molecule has 5 heterocycles. The van der Waals surface area contributed by atoms with E-state index < -0.39 is 0 Å². The Balaban J connectivity index is 1.43. The van der Waals surface area contributed by atoms with E-state index >= 15 is 0 Å². The third-order valence-corrected chi connectivity index (χ3v) is 10.5. The molecule has 0 fully saturated rings. The Labute approximate surface area is 331 Å². The fraction of sp³-hybridized carbons (Fsp3) is 0.102. The Bertz CT molecular complexity index is 2910. The lowest BCUT2D eigenvalue weighted by Gasteiger charge is -2.13. The number of aromatic nitrogens is 2. The molecule has 57 heavy (non-hydrogen) atoms. The molecule has 8 bridgehead atoms. The quantitative estimate of drug-likeness (QED) is 0.171. The number of aryl methyl sites for hydroxylation is 1. The van der Waals surface area contributed by atoms with Crippen LogP contribution in [0.4, 0.5) is 0 Å². The number of nitrogens with zero attached hydrogens (tertiary/aromatic N) is 3. The normalized spacial score (nSPS) is 19.0. The van der Waals surface area contributed by atoms with Crippen molar-refractivity contribution in [1.82, 2.24) is 9.55 Å². The van der Waals surface area contributed by atoms with Gasteiger partial charge in [-0.3, -0.25) is 0 Å². The third-order valence-electron chi connectivity index (χ3n) is 10.5. The van der Waals surface area contributed by atoms with E-state index in [1.807, 2.05) is 60.7 Å². The van der Waals surface area contributed by atoms with Gasteiger partial charge in [0.05, 0.1) is 57.0 Å². The topological polar surface area (TPSA) is 82.4 Å². The standard InChI is InChI=1S/C49H40N4O4/c1-53-29-34-28-45(53)49(33-13-9-17-38(27-33)57-5)44-23-22-43(52-44)48(32-12-8-16-37(26-32)56-4)42-21-20-41(51-42)47(31-11-7-15-36(25-31)55-3)40-19-18-39(50-40)46(34)30-10-6-14-35(24-30)54-2/h6-29,51H,1-5H3/b46-39-,47-41-,48-42-,49-44-. The maximum Gasteiger partial charge on any atom is 0.119 e. The molecule has 0 saturated carbocycles. The first kappa shape index (κ1) is 35.4. The summed E-state index contributed by atoms with van der Waals surface area (Å²) in [4.78, 5) is 14.7. The van der Waals surface area contributed by atoms with Crippen LogP contribution in [0.2, 0.25) is 0 Å². The van der Waals surface area contributed by atoms with Gasteiger partial charge < -0.3 is 28.5 Å². The van der Waals surface area contributed by atoms with Crippen LogP contribution in [0.5, 0.6) is 23.0 Å². The van der Waals surface area contributed by atoms with E-state index in [1.54, 1.807) is 28.4 Å². The van der Waals surface area contributed by atoms with E-state index in [2.05, 4.69) is 102 Å². The molecule has 8 nitrogen and oxygen atoms in total. The molecule has 0 spiro atoms. The number of aromatic amines is 1. The van der Waals surface area contributed by atoms with Crippen LogP contribution in [0.1, 0.15) is 33.5 Å². The summed E-state index contributed by atoms with van der Waals surface area (Å²) in [6.45, 7) is 0. The second-order valence-electron chi connectivity index (χ2n) is 13.9. The van der Waals surface area contributed by atoms with Crippen LogP contribution in [-0.4, -0.2) is 49.4 Å². The SMILES string of the molecule is COc1cccc(/C2=C3\C=CC(=N3)/C(c3cccc(OC)c3)=c3/cc/c([nH]3)=C(\c3cccc(OC)c3)C3=N/C(=C(/c4cccc(OC)c4)c4cc2cn4C)C=C3)c1. The molecular weight excluding hydrogens is 709 g/mol. The number of methoxy groups -OCH3 is 4. The molecule has 280 valence electrons. The maximum atomic E-state index is 5.73. The molecule has 2 aromatic heterocycles. The maximum absolute atomic E-state index is 5.73. The highest BCUT2D eigenvalue weighted by Gasteiger charge is 2.25. The first-order chi connectivity index (χ1) is 27.9. The third kappa shape index (κ3) is 6.51. The number of hydrogen-bond acceptors (Lipinski definition) is 6. The molecule has 3 aliphatic rings. The largest absolute Gasteiger partial charge is 0.497 e. The fourth-order valence-corrected chi connectivity index (χ4v) is 7.80. The van der Waals surface area contributed by atoms with Gasteiger partial charge in [0.25, 0.3) is 0 Å². The number of nitrogens with one attached hydrogen (secondary N) is 1. The summed E-state index contributed by atoms with van der Waals surface area (Å²) in [6, 6.07) is 38.9. The summed E-state index contributed by atoms with van der Waals surface area (Å²) >= 11 is 0. The van der Waals surface area contributed by atoms with Crippen molar-refractivity contribution < 1.29 is 18.9 Å². The molecule has 0 amide bonds. The summed E-state index contributed by atoms with van der Waals surface area (Å²) in [5.41, 5.74) is 13.0. The molecule has 0 unspecified atom stereocenters. The zero-order valence-electron chi connectivity index (χ0n) is 32.3. The lowest BCUT2D eigenvalue weighted by molar-refractivity contribution is 0.414. The fourth-order valence-electron chi connectivity index (χ4n) is 7.80. The van der Waals surface area contributed by atoms with Crippen LogP contribution in [0.25, 0.3) is 22.3 Å². The Kier molecular flexibility index (Phi) is 9.14. The number of hydrogen-bond donors (Lipinski definition) is 1. The van der Waals surface area contributed by atoms with Crippen molar-refractivity contribution in [1.29, 1.82) is 0 Å². The number of aliphatic imine (C=N–C) groups is 2. The van der Waals surface area contributed by atoms with Crippen LogP contribution in [0.3, 0.4) is 0 Å². The predicted molar refractivity (Wildman–Crippen MR) is 228 cm³/mol. The Hall–Kier alpha value is -7.32. The molecule has 0 saturated heterocycles. The van der Waals surface area contributed by atoms with Gasteiger partial charge in [-0.05, 0) is 113 Å². The average molecular weight is 749 g/mol. The molecule has 6 aromatic rings.